The van der Waals surface area contributed by atoms with Crippen molar-refractivity contribution in [3.05, 3.63) is 39.7 Å². The Kier molecular flexibility index (Phi) is 4.34. The van der Waals surface area contributed by atoms with E-state index >= 15 is 4.39 Å². The number of carboxylic acid groups (broad SMARTS) is 1. The van der Waals surface area contributed by atoms with Crippen LogP contribution in [0.2, 0.25) is 0 Å². The Labute approximate surface area is 141 Å². The van der Waals surface area contributed by atoms with Gasteiger partial charge in [-0.1, -0.05) is 0 Å². The van der Waals surface area contributed by atoms with Gasteiger partial charge in [0.25, 0.3) is 0 Å². The number of hydrogen-bond donors (Lipinski definition) is 3. The van der Waals surface area contributed by atoms with Crippen molar-refractivity contribution < 1.29 is 23.8 Å². The molecule has 1 atom stereocenters. The number of fused-ring (bicyclic) bond motifs is 1. The minimum Gasteiger partial charge on any atom is -0.477 e. The molecule has 0 bridgehead atoms. The Morgan fingerprint density at radius 2 is 2.16 bits per heavy atom. The molecule has 1 aliphatic heterocycles. The van der Waals surface area contributed by atoms with Gasteiger partial charge in [0.2, 0.25) is 5.43 Å². The second kappa shape index (κ2) is 6.32. The fraction of sp³-hybridized carbons (Fsp3) is 0.375. The van der Waals surface area contributed by atoms with Crippen LogP contribution in [0, 0.1) is 11.6 Å². The van der Waals surface area contributed by atoms with Crippen LogP contribution in [0.15, 0.2) is 17.1 Å². The molecule has 0 spiro atoms. The molecule has 7 nitrogen and oxygen atoms in total. The Morgan fingerprint density at radius 3 is 2.76 bits per heavy atom. The normalized spacial score (nSPS) is 17.3. The molecule has 0 aliphatic carbocycles. The Bertz CT molecular complexity index is 913. The number of anilines is 1. The van der Waals surface area contributed by atoms with Crippen LogP contribution in [0.1, 0.15) is 23.2 Å². The number of benzene rings is 1. The van der Waals surface area contributed by atoms with Gasteiger partial charge >= 0.3 is 5.97 Å². The van der Waals surface area contributed by atoms with Crippen molar-refractivity contribution in [2.45, 2.75) is 18.9 Å². The van der Waals surface area contributed by atoms with E-state index < -0.39 is 34.6 Å². The highest BCUT2D eigenvalue weighted by Gasteiger charge is 2.31. The summed E-state index contributed by atoms with van der Waals surface area (Å²) in [6, 6.07) is 0.442. The maximum atomic E-state index is 15.1. The number of pyridine rings is 1. The van der Waals surface area contributed by atoms with Crippen molar-refractivity contribution in [3.63, 3.8) is 0 Å². The monoisotopic (exact) mass is 353 g/mol. The third-order valence-electron chi connectivity index (χ3n) is 4.50. The lowest BCUT2D eigenvalue weighted by Crippen LogP contribution is -2.34. The number of aliphatic hydroxyl groups excluding tert-OH is 1. The molecule has 2 heterocycles. The molecule has 25 heavy (non-hydrogen) atoms. The van der Waals surface area contributed by atoms with Gasteiger partial charge in [-0.15, -0.1) is 0 Å². The number of halogens is 2. The number of aromatic carboxylic acids is 1. The summed E-state index contributed by atoms with van der Waals surface area (Å²) in [4.78, 5) is 24.9. The van der Waals surface area contributed by atoms with Gasteiger partial charge in [0.1, 0.15) is 22.6 Å². The number of aromatic nitrogens is 1. The fourth-order valence-corrected chi connectivity index (χ4v) is 3.32. The van der Waals surface area contributed by atoms with Crippen molar-refractivity contribution in [1.29, 1.82) is 0 Å². The summed E-state index contributed by atoms with van der Waals surface area (Å²) in [5.74, 6) is -3.42. The second-order valence-corrected chi connectivity index (χ2v) is 5.86. The molecule has 1 aromatic heterocycles. The summed E-state index contributed by atoms with van der Waals surface area (Å²) in [5.41, 5.74) is 0.463. The highest BCUT2D eigenvalue weighted by Crippen LogP contribution is 2.34. The van der Waals surface area contributed by atoms with E-state index in [0.717, 1.165) is 16.9 Å². The molecule has 9 heteroatoms. The Balaban J connectivity index is 2.35. The lowest BCUT2D eigenvalue weighted by atomic mass is 10.1. The molecule has 0 saturated carbocycles. The van der Waals surface area contributed by atoms with E-state index in [1.165, 1.54) is 11.9 Å². The maximum Gasteiger partial charge on any atom is 0.341 e. The van der Waals surface area contributed by atoms with E-state index in [1.807, 2.05) is 0 Å². The number of aliphatic hydroxyl groups is 1. The number of carboxylic acids is 1. The van der Waals surface area contributed by atoms with Gasteiger partial charge in [-0.05, 0) is 18.9 Å². The van der Waals surface area contributed by atoms with Crippen molar-refractivity contribution in [2.75, 3.05) is 30.5 Å². The standard InChI is InChI=1S/C16H17F2N3O4/c1-19-21-6-10(16(24)25)15(23)9-5-11(17)14(12(18)13(9)21)20-4-2-3-8(20)7-22/h5-6,8,19,22H,2-4,7H2,1H3,(H,24,25). The summed E-state index contributed by atoms with van der Waals surface area (Å²) in [6.07, 6.45) is 2.24. The van der Waals surface area contributed by atoms with Crippen LogP contribution in [0.25, 0.3) is 10.9 Å². The molecule has 2 aromatic rings. The maximum absolute atomic E-state index is 15.1. The van der Waals surface area contributed by atoms with E-state index in [1.54, 1.807) is 0 Å². The van der Waals surface area contributed by atoms with Crippen LogP contribution in [-0.2, 0) is 0 Å². The molecule has 1 aliphatic rings. The van der Waals surface area contributed by atoms with Gasteiger partial charge in [-0.25, -0.2) is 13.6 Å². The summed E-state index contributed by atoms with van der Waals surface area (Å²) in [6.45, 7) is 0.134. The highest BCUT2D eigenvalue weighted by atomic mass is 19.1. The first-order chi connectivity index (χ1) is 11.9. The summed E-state index contributed by atoms with van der Waals surface area (Å²) >= 11 is 0. The first-order valence-electron chi connectivity index (χ1n) is 7.76. The van der Waals surface area contributed by atoms with E-state index in [0.29, 0.717) is 19.4 Å². The molecule has 1 saturated heterocycles. The van der Waals surface area contributed by atoms with Crippen molar-refractivity contribution in [2.24, 2.45) is 0 Å². The lowest BCUT2D eigenvalue weighted by Gasteiger charge is -2.27. The van der Waals surface area contributed by atoms with Crippen LogP contribution in [0.3, 0.4) is 0 Å². The minimum absolute atomic E-state index is 0.238. The molecule has 1 unspecified atom stereocenters. The van der Waals surface area contributed by atoms with E-state index in [2.05, 4.69) is 5.43 Å². The van der Waals surface area contributed by atoms with Crippen LogP contribution in [-0.4, -0.2) is 47.1 Å². The molecule has 134 valence electrons. The molecule has 1 aromatic carbocycles. The van der Waals surface area contributed by atoms with Gasteiger partial charge in [-0.3, -0.25) is 9.47 Å². The number of nitrogens with one attached hydrogen (secondary N) is 1. The van der Waals surface area contributed by atoms with Gasteiger partial charge in [0.05, 0.1) is 18.0 Å². The zero-order valence-corrected chi connectivity index (χ0v) is 13.4. The number of hydrogen-bond acceptors (Lipinski definition) is 5. The Morgan fingerprint density at radius 1 is 1.44 bits per heavy atom. The van der Waals surface area contributed by atoms with Gasteiger partial charge in [0, 0.05) is 19.8 Å². The molecule has 0 amide bonds. The minimum atomic E-state index is -1.49. The molecule has 0 radical (unpaired) electrons. The SMILES string of the molecule is CNn1cc(C(=O)O)c(=O)c2cc(F)c(N3CCCC3CO)c(F)c21. The van der Waals surface area contributed by atoms with Gasteiger partial charge in [0.15, 0.2) is 5.82 Å². The smallest absolute Gasteiger partial charge is 0.341 e. The Hall–Kier alpha value is -2.68. The van der Waals surface area contributed by atoms with Gasteiger partial charge in [-0.2, -0.15) is 0 Å². The molecule has 3 N–H and O–H groups in total. The van der Waals surface area contributed by atoms with Crippen LogP contribution >= 0.6 is 0 Å². The number of nitrogens with zero attached hydrogens (tertiary/aromatic N) is 2. The summed E-state index contributed by atoms with van der Waals surface area (Å²) < 4.78 is 30.8. The van der Waals surface area contributed by atoms with Crippen molar-refractivity contribution >= 4 is 22.6 Å². The third-order valence-corrected chi connectivity index (χ3v) is 4.50. The molecule has 3 rings (SSSR count). The second-order valence-electron chi connectivity index (χ2n) is 5.86. The number of carbonyl (C=O) groups is 1. The summed E-state index contributed by atoms with van der Waals surface area (Å²) in [5, 5.41) is 18.2. The number of rotatable bonds is 4. The first kappa shape index (κ1) is 17.2. The fourth-order valence-electron chi connectivity index (χ4n) is 3.32. The zero-order valence-electron chi connectivity index (χ0n) is 13.4. The molecular weight excluding hydrogens is 336 g/mol. The van der Waals surface area contributed by atoms with Crippen LogP contribution in [0.5, 0.6) is 0 Å². The highest BCUT2D eigenvalue weighted by molar-refractivity contribution is 5.94. The van der Waals surface area contributed by atoms with Gasteiger partial charge < -0.3 is 20.5 Å². The van der Waals surface area contributed by atoms with E-state index in [9.17, 15) is 19.1 Å². The predicted molar refractivity (Wildman–Crippen MR) is 87.8 cm³/mol. The average Bonchev–Trinajstić information content (AvgIpc) is 3.03. The average molecular weight is 353 g/mol. The quantitative estimate of drug-likeness (QED) is 0.762. The van der Waals surface area contributed by atoms with E-state index in [-0.39, 0.29) is 23.2 Å². The molecular formula is C16H17F2N3O4. The van der Waals surface area contributed by atoms with Crippen LogP contribution in [0.4, 0.5) is 14.5 Å². The molecule has 1 fully saturated rings. The lowest BCUT2D eigenvalue weighted by molar-refractivity contribution is 0.0695. The van der Waals surface area contributed by atoms with Crippen LogP contribution < -0.4 is 15.8 Å². The van der Waals surface area contributed by atoms with E-state index in [4.69, 9.17) is 5.11 Å². The summed E-state index contributed by atoms with van der Waals surface area (Å²) in [7, 11) is 1.42. The zero-order chi connectivity index (χ0) is 18.3. The topological polar surface area (TPSA) is 94.8 Å². The largest absolute Gasteiger partial charge is 0.477 e. The van der Waals surface area contributed by atoms with Crippen molar-refractivity contribution in [3.8, 4) is 0 Å². The first-order valence-corrected chi connectivity index (χ1v) is 7.76. The predicted octanol–water partition coefficient (Wildman–Crippen LogP) is 1.11. The van der Waals surface area contributed by atoms with Crippen molar-refractivity contribution in [1.82, 2.24) is 4.68 Å². The third kappa shape index (κ3) is 2.60.